The third kappa shape index (κ3) is 4.15. The molecule has 0 unspecified atom stereocenters. The fourth-order valence-corrected chi connectivity index (χ4v) is 4.63. The quantitative estimate of drug-likeness (QED) is 0.528. The summed E-state index contributed by atoms with van der Waals surface area (Å²) >= 11 is 0. The van der Waals surface area contributed by atoms with Gasteiger partial charge in [0.1, 0.15) is 12.3 Å². The van der Waals surface area contributed by atoms with Crippen LogP contribution in [0.15, 0.2) is 41.1 Å². The van der Waals surface area contributed by atoms with E-state index in [0.29, 0.717) is 42.8 Å². The highest BCUT2D eigenvalue weighted by atomic mass is 16.5. The van der Waals surface area contributed by atoms with Gasteiger partial charge >= 0.3 is 0 Å². The van der Waals surface area contributed by atoms with Crippen LogP contribution in [-0.2, 0) is 30.7 Å². The molecule has 0 fully saturated rings. The molecule has 5 rings (SSSR count). The van der Waals surface area contributed by atoms with Crippen LogP contribution in [-0.4, -0.2) is 56.7 Å². The minimum absolute atomic E-state index is 0.229. The van der Waals surface area contributed by atoms with Gasteiger partial charge in [0.25, 0.3) is 17.7 Å². The van der Waals surface area contributed by atoms with Crippen molar-refractivity contribution in [1.82, 2.24) is 25.3 Å². The number of aromatic nitrogens is 2. The third-order valence-corrected chi connectivity index (χ3v) is 6.69. The van der Waals surface area contributed by atoms with E-state index in [1.54, 1.807) is 41.4 Å². The highest BCUT2D eigenvalue weighted by Crippen LogP contribution is 2.26. The molecule has 1 N–H and O–H groups in total. The number of pyridine rings is 1. The minimum Gasteiger partial charge on any atom is -0.361 e. The predicted molar refractivity (Wildman–Crippen MR) is 127 cm³/mol. The number of imide groups is 1. The zero-order valence-corrected chi connectivity index (χ0v) is 20.0. The first kappa shape index (κ1) is 23.4. The Morgan fingerprint density at radius 2 is 1.86 bits per heavy atom. The van der Waals surface area contributed by atoms with Crippen LogP contribution >= 0.6 is 0 Å². The summed E-state index contributed by atoms with van der Waals surface area (Å²) in [4.78, 5) is 57.9. The molecule has 0 bridgehead atoms. The van der Waals surface area contributed by atoms with Crippen LogP contribution in [0.2, 0.25) is 0 Å². The molecule has 0 radical (unpaired) electrons. The van der Waals surface area contributed by atoms with Gasteiger partial charge in [-0.25, -0.2) is 0 Å². The molecule has 4 amide bonds. The molecule has 2 aromatic heterocycles. The van der Waals surface area contributed by atoms with Crippen LogP contribution in [0.3, 0.4) is 0 Å². The highest BCUT2D eigenvalue weighted by molar-refractivity contribution is 6.22. The zero-order chi connectivity index (χ0) is 25.4. The van der Waals surface area contributed by atoms with Gasteiger partial charge in [-0.15, -0.1) is 0 Å². The highest BCUT2D eigenvalue weighted by Gasteiger charge is 2.37. The number of aryl methyl sites for hydroxylation is 2. The number of benzene rings is 1. The first-order valence-corrected chi connectivity index (χ1v) is 11.8. The Kier molecular flexibility index (Phi) is 6.09. The van der Waals surface area contributed by atoms with Crippen molar-refractivity contribution >= 4 is 23.6 Å². The Labute approximate surface area is 207 Å². The lowest BCUT2D eigenvalue weighted by Crippen LogP contribution is -2.44. The molecular weight excluding hydrogens is 462 g/mol. The van der Waals surface area contributed by atoms with Crippen molar-refractivity contribution in [3.63, 3.8) is 0 Å². The van der Waals surface area contributed by atoms with Gasteiger partial charge in [-0.3, -0.25) is 29.1 Å². The Hall–Kier alpha value is -4.34. The molecule has 1 aromatic carbocycles. The molecule has 4 heterocycles. The maximum absolute atomic E-state index is 13.0. The van der Waals surface area contributed by atoms with E-state index in [9.17, 15) is 19.2 Å². The normalized spacial score (nSPS) is 14.6. The average molecular weight is 488 g/mol. The maximum atomic E-state index is 13.0. The molecule has 0 saturated carbocycles. The molecule has 10 heteroatoms. The molecule has 2 aliphatic rings. The number of nitrogens with one attached hydrogen (secondary N) is 1. The first-order chi connectivity index (χ1) is 17.4. The molecule has 2 aliphatic heterocycles. The van der Waals surface area contributed by atoms with E-state index in [-0.39, 0.29) is 30.6 Å². The van der Waals surface area contributed by atoms with E-state index >= 15 is 0 Å². The number of fused-ring (bicyclic) bond motifs is 2. The lowest BCUT2D eigenvalue weighted by molar-refractivity contribution is -0.132. The van der Waals surface area contributed by atoms with Gasteiger partial charge in [-0.2, -0.15) is 0 Å². The second-order valence-corrected chi connectivity index (χ2v) is 8.85. The van der Waals surface area contributed by atoms with Crippen molar-refractivity contribution in [2.75, 3.05) is 13.1 Å². The molecule has 184 valence electrons. The second kappa shape index (κ2) is 9.37. The molecular formula is C26H25N5O5. The SMILES string of the molecule is CCc1cc(C(=O)NCc2c(C)ncc3c2CCN(C(=O)CN2C(=O)c4ccccc4C2=O)C3)no1. The lowest BCUT2D eigenvalue weighted by Gasteiger charge is -2.31. The molecule has 36 heavy (non-hydrogen) atoms. The van der Waals surface area contributed by atoms with E-state index in [1.165, 1.54) is 0 Å². The fourth-order valence-electron chi connectivity index (χ4n) is 4.63. The van der Waals surface area contributed by atoms with Crippen molar-refractivity contribution in [2.45, 2.75) is 39.8 Å². The summed E-state index contributed by atoms with van der Waals surface area (Å²) in [6, 6.07) is 8.20. The van der Waals surface area contributed by atoms with Crippen molar-refractivity contribution < 1.29 is 23.7 Å². The molecule has 0 spiro atoms. The topological polar surface area (TPSA) is 126 Å². The van der Waals surface area contributed by atoms with Crippen molar-refractivity contribution in [3.8, 4) is 0 Å². The van der Waals surface area contributed by atoms with Crippen LogP contribution in [0, 0.1) is 6.92 Å². The number of rotatable bonds is 6. The zero-order valence-electron chi connectivity index (χ0n) is 20.0. The predicted octanol–water partition coefficient (Wildman–Crippen LogP) is 2.05. The van der Waals surface area contributed by atoms with Crippen LogP contribution in [0.25, 0.3) is 0 Å². The Balaban J connectivity index is 1.26. The summed E-state index contributed by atoms with van der Waals surface area (Å²) in [5.41, 5.74) is 4.50. The van der Waals surface area contributed by atoms with Crippen molar-refractivity contribution in [1.29, 1.82) is 0 Å². The van der Waals surface area contributed by atoms with E-state index in [1.807, 2.05) is 13.8 Å². The Morgan fingerprint density at radius 3 is 2.53 bits per heavy atom. The van der Waals surface area contributed by atoms with E-state index < -0.39 is 11.8 Å². The van der Waals surface area contributed by atoms with Gasteiger partial charge in [0.2, 0.25) is 5.91 Å². The Morgan fingerprint density at radius 1 is 1.14 bits per heavy atom. The van der Waals surface area contributed by atoms with Crippen molar-refractivity contribution in [3.05, 3.63) is 81.5 Å². The van der Waals surface area contributed by atoms with E-state index in [2.05, 4.69) is 15.5 Å². The van der Waals surface area contributed by atoms with Gasteiger partial charge in [0.15, 0.2) is 5.69 Å². The summed E-state index contributed by atoms with van der Waals surface area (Å²) in [5.74, 6) is -0.891. The molecule has 3 aromatic rings. The van der Waals surface area contributed by atoms with Gasteiger partial charge < -0.3 is 14.7 Å². The van der Waals surface area contributed by atoms with Crippen molar-refractivity contribution in [2.24, 2.45) is 0 Å². The molecule has 0 aliphatic carbocycles. The summed E-state index contributed by atoms with van der Waals surface area (Å²) < 4.78 is 5.11. The largest absolute Gasteiger partial charge is 0.361 e. The molecule has 0 atom stereocenters. The number of carbonyl (C=O) groups excluding carboxylic acids is 4. The number of hydrogen-bond donors (Lipinski definition) is 1. The summed E-state index contributed by atoms with van der Waals surface area (Å²) in [7, 11) is 0. The van der Waals surface area contributed by atoms with Gasteiger partial charge in [-0.1, -0.05) is 24.2 Å². The Bertz CT molecular complexity index is 1360. The smallest absolute Gasteiger partial charge is 0.273 e. The van der Waals surface area contributed by atoms with Crippen LogP contribution < -0.4 is 5.32 Å². The monoisotopic (exact) mass is 487 g/mol. The van der Waals surface area contributed by atoms with Crippen LogP contribution in [0.1, 0.15) is 66.3 Å². The van der Waals surface area contributed by atoms with E-state index in [0.717, 1.165) is 27.3 Å². The van der Waals surface area contributed by atoms with Crippen LogP contribution in [0.5, 0.6) is 0 Å². The first-order valence-electron chi connectivity index (χ1n) is 11.8. The number of nitrogens with zero attached hydrogens (tertiary/aromatic N) is 4. The van der Waals surface area contributed by atoms with E-state index in [4.69, 9.17) is 4.52 Å². The lowest BCUT2D eigenvalue weighted by atomic mass is 9.94. The number of amides is 4. The number of hydrogen-bond acceptors (Lipinski definition) is 7. The minimum atomic E-state index is -0.449. The third-order valence-electron chi connectivity index (χ3n) is 6.69. The summed E-state index contributed by atoms with van der Waals surface area (Å²) in [6.45, 7) is 4.52. The molecule has 0 saturated heterocycles. The fraction of sp³-hybridized carbons (Fsp3) is 0.308. The average Bonchev–Trinajstić information content (AvgIpc) is 3.47. The van der Waals surface area contributed by atoms with Gasteiger partial charge in [0.05, 0.1) is 11.1 Å². The van der Waals surface area contributed by atoms with Gasteiger partial charge in [0, 0.05) is 44.0 Å². The van der Waals surface area contributed by atoms with Gasteiger partial charge in [-0.05, 0) is 42.2 Å². The van der Waals surface area contributed by atoms with Crippen LogP contribution in [0.4, 0.5) is 0 Å². The number of carbonyl (C=O) groups is 4. The second-order valence-electron chi connectivity index (χ2n) is 8.85. The maximum Gasteiger partial charge on any atom is 0.273 e. The summed E-state index contributed by atoms with van der Waals surface area (Å²) in [6.07, 6.45) is 2.96. The summed E-state index contributed by atoms with van der Waals surface area (Å²) in [5, 5.41) is 6.69. The molecule has 10 nitrogen and oxygen atoms in total. The standard InChI is InChI=1S/C26H25N5O5/c1-3-17-10-22(29-36-17)24(33)28-12-21-15(2)27-11-16-13-30(9-8-18(16)21)23(32)14-31-25(34)19-6-4-5-7-20(19)26(31)35/h4-7,10-11H,3,8-9,12-14H2,1-2H3,(H,28,33).